The molecule has 0 aromatic heterocycles. The molecule has 0 atom stereocenters. The molecule has 0 aliphatic carbocycles. The van der Waals surface area contributed by atoms with E-state index in [1.807, 2.05) is 0 Å². The van der Waals surface area contributed by atoms with E-state index in [2.05, 4.69) is 0 Å². The Hall–Kier alpha value is 1.02. The molecule has 0 rings (SSSR count). The third-order valence-corrected chi connectivity index (χ3v) is 0. The van der Waals surface area contributed by atoms with Gasteiger partial charge in [0.2, 0.25) is 0 Å². The third kappa shape index (κ3) is 44.0. The second-order valence-electron chi connectivity index (χ2n) is 0.105. The molecule has 0 saturated heterocycles. The molecule has 0 spiro atoms. The minimum atomic E-state index is -1.50. The first-order valence-corrected chi connectivity index (χ1v) is 1.48. The Morgan fingerprint density at radius 3 is 1.60 bits per heavy atom. The quantitative estimate of drug-likeness (QED) is 0.309. The van der Waals surface area contributed by atoms with Crippen LogP contribution in [0.4, 0.5) is 0 Å². The van der Waals surface area contributed by atoms with Gasteiger partial charge in [-0.15, -0.1) is 0 Å². The summed E-state index contributed by atoms with van der Waals surface area (Å²) in [6, 6.07) is 0. The molecule has 0 radical (unpaired) electrons. The van der Waals surface area contributed by atoms with Gasteiger partial charge in [0, 0.05) is 0 Å². The molecule has 0 fully saturated rings. The van der Waals surface area contributed by atoms with Crippen molar-refractivity contribution >= 4 is 15.5 Å². The van der Waals surface area contributed by atoms with Crippen LogP contribution in [-0.2, 0) is 3.80 Å². The van der Waals surface area contributed by atoms with Crippen molar-refractivity contribution < 1.29 is 39.2 Å². The molecule has 0 aromatic rings. The summed E-state index contributed by atoms with van der Waals surface area (Å²) < 4.78 is 15.7. The van der Waals surface area contributed by atoms with Gasteiger partial charge in [-0.1, -0.05) is 0 Å². The van der Waals surface area contributed by atoms with Crippen LogP contribution in [0.3, 0.4) is 0 Å². The van der Waals surface area contributed by atoms with E-state index in [9.17, 15) is 0 Å². The van der Waals surface area contributed by atoms with E-state index < -0.39 is 15.5 Å². The first-order valence-electron chi connectivity index (χ1n) is 0.494. The van der Waals surface area contributed by atoms with Crippen LogP contribution in [0.25, 0.3) is 0 Å². The summed E-state index contributed by atoms with van der Waals surface area (Å²) in [5.41, 5.74) is 0. The molecule has 0 heterocycles. The maximum absolute atomic E-state index is 8.57. The van der Waals surface area contributed by atoms with Gasteiger partial charge in [0.15, 0.2) is 0 Å². The maximum atomic E-state index is 8.57. The number of halogens is 1. The Kier molecular flexibility index (Phi) is 66.1. The standard InChI is InChI=1S/Al.ClH.Li.H2O.O/h;1H;;1H2;/q+1;;+1;;/p-2. The zero-order valence-electron chi connectivity index (χ0n) is 2.81. The molecule has 0 unspecified atom stereocenters. The molecule has 0 saturated carbocycles. The van der Waals surface area contributed by atoms with E-state index >= 15 is 0 Å². The van der Waals surface area contributed by atoms with Gasteiger partial charge < -0.3 is 12.4 Å². The second-order valence-corrected chi connectivity index (χ2v) is 0.316. The fraction of sp³-hybridized carbons (Fsp3) is 0. The molecule has 0 bridgehead atoms. The van der Waals surface area contributed by atoms with Crippen molar-refractivity contribution in [2.24, 2.45) is 0 Å². The van der Waals surface area contributed by atoms with Crippen molar-refractivity contribution in [2.75, 3.05) is 0 Å². The number of hydrogen-bond donors (Lipinski definition) is 1. The van der Waals surface area contributed by atoms with Crippen LogP contribution in [0.1, 0.15) is 0 Å². The van der Waals surface area contributed by atoms with Crippen molar-refractivity contribution in [3.63, 3.8) is 0 Å². The van der Waals surface area contributed by atoms with Gasteiger partial charge in [-0.05, 0) is 0 Å². The van der Waals surface area contributed by atoms with Gasteiger partial charge >= 0.3 is 42.3 Å². The molecule has 2 nitrogen and oxygen atoms in total. The van der Waals surface area contributed by atoms with E-state index in [0.29, 0.717) is 0 Å². The van der Waals surface area contributed by atoms with Crippen molar-refractivity contribution in [3.05, 3.63) is 0 Å². The fourth-order valence-corrected chi connectivity index (χ4v) is 0. The minimum absolute atomic E-state index is 0. The average Bonchev–Trinajstić information content (AvgIpc) is 0.918. The number of rotatable bonds is 0. The predicted octanol–water partition coefficient (Wildman–Crippen LogP) is -7.05. The molecule has 0 aliphatic rings. The van der Waals surface area contributed by atoms with Crippen molar-refractivity contribution in [2.45, 2.75) is 0 Å². The SMILES string of the molecule is [Cl-].[Li+].[O]=[Al][OH]. The summed E-state index contributed by atoms with van der Waals surface area (Å²) in [4.78, 5) is 0. The Morgan fingerprint density at radius 1 is 1.60 bits per heavy atom. The van der Waals surface area contributed by atoms with Crippen LogP contribution in [-0.4, -0.2) is 19.6 Å². The van der Waals surface area contributed by atoms with Crippen LogP contribution in [0.2, 0.25) is 0 Å². The van der Waals surface area contributed by atoms with E-state index in [1.54, 1.807) is 0 Å². The van der Waals surface area contributed by atoms with Crippen molar-refractivity contribution in [1.82, 2.24) is 0 Å². The van der Waals surface area contributed by atoms with Crippen molar-refractivity contribution in [1.29, 1.82) is 0 Å². The topological polar surface area (TPSA) is 37.3 Å². The van der Waals surface area contributed by atoms with Crippen LogP contribution < -0.4 is 31.3 Å². The van der Waals surface area contributed by atoms with Crippen LogP contribution in [0.5, 0.6) is 0 Å². The van der Waals surface area contributed by atoms with E-state index in [-0.39, 0.29) is 31.3 Å². The third-order valence-electron chi connectivity index (χ3n) is 0. The van der Waals surface area contributed by atoms with Crippen LogP contribution >= 0.6 is 0 Å². The van der Waals surface area contributed by atoms with Gasteiger partial charge in [0.25, 0.3) is 0 Å². The summed E-state index contributed by atoms with van der Waals surface area (Å²) in [5, 5.41) is 0. The van der Waals surface area contributed by atoms with Gasteiger partial charge in [-0.25, -0.2) is 0 Å². The molecule has 0 amide bonds. The molecule has 24 valence electrons. The van der Waals surface area contributed by atoms with Crippen LogP contribution in [0, 0.1) is 0 Å². The zero-order chi connectivity index (χ0) is 2.71. The Balaban J connectivity index is -0.0000000200. The van der Waals surface area contributed by atoms with E-state index in [0.717, 1.165) is 0 Å². The normalized spacial score (nSPS) is 1.60. The summed E-state index contributed by atoms with van der Waals surface area (Å²) in [6.07, 6.45) is 0. The molecule has 0 aromatic carbocycles. The first-order chi connectivity index (χ1) is 1.41. The Morgan fingerprint density at radius 2 is 1.60 bits per heavy atom. The molecule has 5 heavy (non-hydrogen) atoms. The van der Waals surface area contributed by atoms with Gasteiger partial charge in [0.05, 0.1) is 0 Å². The Bertz CT molecular complexity index is 17.1. The Labute approximate surface area is 54.8 Å². The predicted molar refractivity (Wildman–Crippen MR) is 8.66 cm³/mol. The second kappa shape index (κ2) is 19.9. The number of hydrogen-bond acceptors (Lipinski definition) is 1. The first kappa shape index (κ1) is 16.6. The summed E-state index contributed by atoms with van der Waals surface area (Å²) in [5.74, 6) is 0. The van der Waals surface area contributed by atoms with Gasteiger partial charge in [-0.3, -0.25) is 0 Å². The summed E-state index contributed by atoms with van der Waals surface area (Å²) in [6.45, 7) is 0. The zero-order valence-corrected chi connectivity index (χ0v) is 4.72. The molecule has 1 N–H and O–H groups in total. The van der Waals surface area contributed by atoms with E-state index in [4.69, 9.17) is 7.96 Å². The fourth-order valence-electron chi connectivity index (χ4n) is 0. The molecular formula is HAlClLiO2. The molecule has 5 heteroatoms. The van der Waals surface area contributed by atoms with Crippen molar-refractivity contribution in [3.8, 4) is 0 Å². The van der Waals surface area contributed by atoms with E-state index in [1.165, 1.54) is 0 Å². The van der Waals surface area contributed by atoms with Crippen LogP contribution in [0.15, 0.2) is 0 Å². The molecular weight excluding hydrogens is 101 g/mol. The molecule has 0 aliphatic heterocycles. The monoisotopic (exact) mass is 102 g/mol. The van der Waals surface area contributed by atoms with Gasteiger partial charge in [0.1, 0.15) is 0 Å². The summed E-state index contributed by atoms with van der Waals surface area (Å²) >= 11 is -1.50. The average molecular weight is 102 g/mol. The summed E-state index contributed by atoms with van der Waals surface area (Å²) in [7, 11) is 0. The van der Waals surface area contributed by atoms with Gasteiger partial charge in [-0.2, -0.15) is 0 Å².